The Balaban J connectivity index is 2.20. The Labute approximate surface area is 49.8 Å². The second kappa shape index (κ2) is 2.03. The van der Waals surface area contributed by atoms with Crippen molar-refractivity contribution in [1.82, 2.24) is 0 Å². The predicted octanol–water partition coefficient (Wildman–Crippen LogP) is 0.851. The number of ether oxygens (including phenoxy) is 2. The Morgan fingerprint density at radius 1 is 1.88 bits per heavy atom. The lowest BCUT2D eigenvalue weighted by Gasteiger charge is -2.37. The zero-order chi connectivity index (χ0) is 6.04. The molecule has 0 N–H and O–H groups in total. The van der Waals surface area contributed by atoms with Crippen molar-refractivity contribution in [2.24, 2.45) is 0 Å². The van der Waals surface area contributed by atoms with Gasteiger partial charge in [-0.2, -0.15) is 0 Å². The molecule has 1 aliphatic heterocycles. The third kappa shape index (κ3) is 1.01. The molecule has 0 amide bonds. The summed E-state index contributed by atoms with van der Waals surface area (Å²) in [6.07, 6.45) is 0.962. The molecule has 2 nitrogen and oxygen atoms in total. The smallest absolute Gasteiger partial charge is 0.167 e. The summed E-state index contributed by atoms with van der Waals surface area (Å²) in [4.78, 5) is 0. The summed E-state index contributed by atoms with van der Waals surface area (Å²) < 4.78 is 10.1. The molecule has 46 valence electrons. The van der Waals surface area contributed by atoms with E-state index in [0.717, 1.165) is 13.0 Å². The van der Waals surface area contributed by atoms with E-state index in [-0.39, 0.29) is 12.4 Å². The minimum atomic E-state index is -0.352. The van der Waals surface area contributed by atoms with Crippen LogP contribution in [0, 0.1) is 6.92 Å². The lowest BCUT2D eigenvalue weighted by atomic mass is 10.1. The number of rotatable bonds is 2. The minimum Gasteiger partial charge on any atom is -0.350 e. The molecule has 1 fully saturated rings. The lowest BCUT2D eigenvalue weighted by Crippen LogP contribution is -2.43. The van der Waals surface area contributed by atoms with Crippen molar-refractivity contribution < 1.29 is 9.47 Å². The summed E-state index contributed by atoms with van der Waals surface area (Å²) in [7, 11) is 0. The summed E-state index contributed by atoms with van der Waals surface area (Å²) in [6, 6.07) is 0. The van der Waals surface area contributed by atoms with Gasteiger partial charge in [0.15, 0.2) is 5.79 Å². The second-order valence-electron chi connectivity index (χ2n) is 2.04. The summed E-state index contributed by atoms with van der Waals surface area (Å²) in [6.45, 7) is 8.06. The Morgan fingerprint density at radius 3 is 2.62 bits per heavy atom. The van der Waals surface area contributed by atoms with Gasteiger partial charge in [-0.25, -0.2) is 0 Å². The number of hydrogen-bond donors (Lipinski definition) is 0. The molecule has 1 atom stereocenters. The Bertz CT molecular complexity index is 76.6. The maximum Gasteiger partial charge on any atom is 0.167 e. The standard InChI is InChI=1S/C6H10O2/c1-3-7-6(2)4-5-8-6/h1H,3-5H2,2H3. The van der Waals surface area contributed by atoms with Gasteiger partial charge >= 0.3 is 0 Å². The highest BCUT2D eigenvalue weighted by atomic mass is 16.7. The van der Waals surface area contributed by atoms with Gasteiger partial charge in [0.1, 0.15) is 0 Å². The molecule has 1 aliphatic rings. The van der Waals surface area contributed by atoms with Gasteiger partial charge in [0.25, 0.3) is 0 Å². The van der Waals surface area contributed by atoms with Gasteiger partial charge in [0.05, 0.1) is 13.2 Å². The maximum absolute atomic E-state index is 5.12. The first-order chi connectivity index (χ1) is 3.77. The van der Waals surface area contributed by atoms with Crippen LogP contribution in [0.5, 0.6) is 0 Å². The Morgan fingerprint density at radius 2 is 2.50 bits per heavy atom. The molecule has 2 radical (unpaired) electrons. The Kier molecular flexibility index (Phi) is 1.54. The molecule has 0 bridgehead atoms. The van der Waals surface area contributed by atoms with Crippen LogP contribution in [0.2, 0.25) is 0 Å². The topological polar surface area (TPSA) is 18.5 Å². The second-order valence-corrected chi connectivity index (χ2v) is 2.04. The van der Waals surface area contributed by atoms with Gasteiger partial charge in [0, 0.05) is 6.42 Å². The van der Waals surface area contributed by atoms with E-state index in [2.05, 4.69) is 0 Å². The van der Waals surface area contributed by atoms with Gasteiger partial charge < -0.3 is 9.47 Å². The van der Waals surface area contributed by atoms with Gasteiger partial charge in [-0.15, -0.1) is 0 Å². The quantitative estimate of drug-likeness (QED) is 0.530. The van der Waals surface area contributed by atoms with Crippen LogP contribution in [-0.2, 0) is 9.47 Å². The summed E-state index contributed by atoms with van der Waals surface area (Å²) in [5, 5.41) is 0. The molecule has 0 saturated carbocycles. The molecule has 0 aromatic rings. The highest BCUT2D eigenvalue weighted by Gasteiger charge is 2.33. The molecular weight excluding hydrogens is 104 g/mol. The van der Waals surface area contributed by atoms with E-state index in [0.29, 0.717) is 0 Å². The van der Waals surface area contributed by atoms with Crippen molar-refractivity contribution in [3.63, 3.8) is 0 Å². The molecule has 0 spiro atoms. The zero-order valence-electron chi connectivity index (χ0n) is 5.02. The molecule has 1 saturated heterocycles. The van der Waals surface area contributed by atoms with Crippen LogP contribution in [0.25, 0.3) is 0 Å². The fourth-order valence-electron chi connectivity index (χ4n) is 0.680. The molecule has 1 unspecified atom stereocenters. The van der Waals surface area contributed by atoms with Crippen molar-refractivity contribution in [2.75, 3.05) is 13.2 Å². The van der Waals surface area contributed by atoms with Crippen LogP contribution < -0.4 is 0 Å². The zero-order valence-corrected chi connectivity index (χ0v) is 5.02. The van der Waals surface area contributed by atoms with Crippen LogP contribution in [0.1, 0.15) is 13.3 Å². The minimum absolute atomic E-state index is 0.247. The van der Waals surface area contributed by atoms with Gasteiger partial charge in [-0.05, 0) is 13.8 Å². The third-order valence-corrected chi connectivity index (χ3v) is 1.35. The van der Waals surface area contributed by atoms with Crippen molar-refractivity contribution in [3.8, 4) is 0 Å². The van der Waals surface area contributed by atoms with E-state index in [9.17, 15) is 0 Å². The average molecular weight is 114 g/mol. The summed E-state index contributed by atoms with van der Waals surface area (Å²) >= 11 is 0. The van der Waals surface area contributed by atoms with Gasteiger partial charge in [-0.1, -0.05) is 0 Å². The van der Waals surface area contributed by atoms with E-state index < -0.39 is 0 Å². The van der Waals surface area contributed by atoms with Crippen LogP contribution in [-0.4, -0.2) is 19.0 Å². The highest BCUT2D eigenvalue weighted by Crippen LogP contribution is 2.26. The van der Waals surface area contributed by atoms with Crippen molar-refractivity contribution in [3.05, 3.63) is 6.92 Å². The lowest BCUT2D eigenvalue weighted by molar-refractivity contribution is -0.291. The Hall–Kier alpha value is -0.0800. The van der Waals surface area contributed by atoms with E-state index >= 15 is 0 Å². The number of hydrogen-bond acceptors (Lipinski definition) is 2. The maximum atomic E-state index is 5.12. The fourth-order valence-corrected chi connectivity index (χ4v) is 0.680. The van der Waals surface area contributed by atoms with Crippen molar-refractivity contribution >= 4 is 0 Å². The SMILES string of the molecule is [CH]COC1(C)CCO1. The average Bonchev–Trinajstić information content (AvgIpc) is 1.64. The van der Waals surface area contributed by atoms with Crippen LogP contribution in [0.4, 0.5) is 0 Å². The molecule has 8 heavy (non-hydrogen) atoms. The van der Waals surface area contributed by atoms with E-state index in [1.807, 2.05) is 6.92 Å². The van der Waals surface area contributed by atoms with Crippen molar-refractivity contribution in [2.45, 2.75) is 19.1 Å². The molecule has 1 rings (SSSR count). The normalized spacial score (nSPS) is 36.8. The molecule has 2 heteroatoms. The summed E-state index contributed by atoms with van der Waals surface area (Å²) in [5.74, 6) is -0.352. The largest absolute Gasteiger partial charge is 0.350 e. The van der Waals surface area contributed by atoms with Crippen LogP contribution >= 0.6 is 0 Å². The van der Waals surface area contributed by atoms with Gasteiger partial charge in [-0.3, -0.25) is 0 Å². The molecule has 0 aliphatic carbocycles. The van der Waals surface area contributed by atoms with E-state index in [1.54, 1.807) is 0 Å². The van der Waals surface area contributed by atoms with Crippen LogP contribution in [0.3, 0.4) is 0 Å². The van der Waals surface area contributed by atoms with E-state index in [4.69, 9.17) is 16.4 Å². The molecular formula is C6H10O2. The van der Waals surface area contributed by atoms with Crippen molar-refractivity contribution in [1.29, 1.82) is 0 Å². The predicted molar refractivity (Wildman–Crippen MR) is 29.2 cm³/mol. The molecule has 0 aromatic heterocycles. The first kappa shape index (κ1) is 6.05. The van der Waals surface area contributed by atoms with Crippen LogP contribution in [0.15, 0.2) is 0 Å². The fraction of sp³-hybridized carbons (Fsp3) is 0.833. The first-order valence-electron chi connectivity index (χ1n) is 2.75. The van der Waals surface area contributed by atoms with Gasteiger partial charge in [0.2, 0.25) is 0 Å². The summed E-state index contributed by atoms with van der Waals surface area (Å²) in [5.41, 5.74) is 0. The first-order valence-corrected chi connectivity index (χ1v) is 2.75. The molecule has 0 aromatic carbocycles. The third-order valence-electron chi connectivity index (χ3n) is 1.35. The molecule has 1 heterocycles. The highest BCUT2D eigenvalue weighted by molar-refractivity contribution is 4.71. The van der Waals surface area contributed by atoms with E-state index in [1.165, 1.54) is 0 Å². The monoisotopic (exact) mass is 114 g/mol.